The van der Waals surface area contributed by atoms with E-state index in [9.17, 15) is 4.39 Å². The first kappa shape index (κ1) is 15.3. The molecule has 1 aliphatic heterocycles. The lowest BCUT2D eigenvalue weighted by atomic mass is 9.84. The van der Waals surface area contributed by atoms with Crippen LogP contribution in [0.15, 0.2) is 18.2 Å². The predicted octanol–water partition coefficient (Wildman–Crippen LogP) is 4.09. The lowest BCUT2D eigenvalue weighted by molar-refractivity contribution is 0.145. The minimum Gasteiger partial charge on any atom is -0.494 e. The lowest BCUT2D eigenvalue weighted by Gasteiger charge is -2.34. The second-order valence-corrected chi connectivity index (χ2v) is 5.97. The number of rotatable bonds is 5. The largest absolute Gasteiger partial charge is 0.494 e. The van der Waals surface area contributed by atoms with Gasteiger partial charge >= 0.3 is 0 Å². The van der Waals surface area contributed by atoms with Crippen LogP contribution in [0.4, 0.5) is 4.39 Å². The van der Waals surface area contributed by atoms with Crippen molar-refractivity contribution in [3.63, 3.8) is 0 Å². The van der Waals surface area contributed by atoms with Gasteiger partial charge < -0.3 is 4.74 Å². The summed E-state index contributed by atoms with van der Waals surface area (Å²) in [5, 5.41) is 0. The average Bonchev–Trinajstić information content (AvgIpc) is 2.49. The Kier molecular flexibility index (Phi) is 5.41. The monoisotopic (exact) mass is 279 g/mol. The number of methoxy groups -OCH3 is 1. The molecule has 1 saturated heterocycles. The maximum absolute atomic E-state index is 13.4. The van der Waals surface area contributed by atoms with Gasteiger partial charge in [-0.3, -0.25) is 4.90 Å². The molecule has 0 N–H and O–H groups in total. The van der Waals surface area contributed by atoms with Crippen molar-refractivity contribution in [1.29, 1.82) is 0 Å². The minimum absolute atomic E-state index is 0.285. The second kappa shape index (κ2) is 7.07. The summed E-state index contributed by atoms with van der Waals surface area (Å²) in [5.74, 6) is 1.77. The molecule has 0 aliphatic carbocycles. The zero-order chi connectivity index (χ0) is 14.5. The molecule has 0 bridgehead atoms. The molecule has 1 fully saturated rings. The van der Waals surface area contributed by atoms with Crippen LogP contribution in [0.3, 0.4) is 0 Å². The van der Waals surface area contributed by atoms with Crippen molar-refractivity contribution in [2.24, 2.45) is 11.8 Å². The van der Waals surface area contributed by atoms with E-state index >= 15 is 0 Å². The van der Waals surface area contributed by atoms with Crippen molar-refractivity contribution in [2.75, 3.05) is 20.2 Å². The molecule has 20 heavy (non-hydrogen) atoms. The third-order valence-corrected chi connectivity index (χ3v) is 4.70. The highest BCUT2D eigenvalue weighted by Crippen LogP contribution is 2.28. The van der Waals surface area contributed by atoms with E-state index in [1.165, 1.54) is 32.4 Å². The molecule has 0 amide bonds. The van der Waals surface area contributed by atoms with Crippen LogP contribution in [0.25, 0.3) is 0 Å². The van der Waals surface area contributed by atoms with E-state index in [0.29, 0.717) is 5.75 Å². The molecule has 0 saturated carbocycles. The van der Waals surface area contributed by atoms with Crippen LogP contribution >= 0.6 is 0 Å². The number of hydrogen-bond donors (Lipinski definition) is 0. The number of piperidine rings is 1. The molecule has 1 aromatic carbocycles. The Bertz CT molecular complexity index is 427. The number of benzene rings is 1. The highest BCUT2D eigenvalue weighted by atomic mass is 19.1. The van der Waals surface area contributed by atoms with Crippen molar-refractivity contribution < 1.29 is 9.13 Å². The van der Waals surface area contributed by atoms with Gasteiger partial charge in [-0.1, -0.05) is 26.3 Å². The van der Waals surface area contributed by atoms with E-state index in [1.807, 2.05) is 12.1 Å². The van der Waals surface area contributed by atoms with Crippen molar-refractivity contribution in [3.8, 4) is 5.75 Å². The molecule has 0 aromatic heterocycles. The number of halogens is 1. The first-order valence-corrected chi connectivity index (χ1v) is 7.68. The van der Waals surface area contributed by atoms with Crippen molar-refractivity contribution in [1.82, 2.24) is 4.90 Å². The van der Waals surface area contributed by atoms with Gasteiger partial charge in [0, 0.05) is 6.54 Å². The quantitative estimate of drug-likeness (QED) is 0.805. The Labute approximate surface area is 121 Å². The smallest absolute Gasteiger partial charge is 0.165 e. The Balaban J connectivity index is 1.89. The summed E-state index contributed by atoms with van der Waals surface area (Å²) in [4.78, 5) is 2.46. The number of ether oxygens (including phenoxy) is 1. The average molecular weight is 279 g/mol. The molecular weight excluding hydrogens is 253 g/mol. The molecule has 1 aliphatic rings. The molecule has 1 atom stereocenters. The van der Waals surface area contributed by atoms with Crippen molar-refractivity contribution in [3.05, 3.63) is 29.6 Å². The molecule has 2 rings (SSSR count). The summed E-state index contributed by atoms with van der Waals surface area (Å²) in [5.41, 5.74) is 1.13. The van der Waals surface area contributed by atoms with Crippen LogP contribution in [0, 0.1) is 17.7 Å². The van der Waals surface area contributed by atoms with E-state index in [4.69, 9.17) is 4.74 Å². The van der Waals surface area contributed by atoms with E-state index in [0.717, 1.165) is 37.0 Å². The van der Waals surface area contributed by atoms with E-state index in [2.05, 4.69) is 18.7 Å². The van der Waals surface area contributed by atoms with Crippen LogP contribution < -0.4 is 4.74 Å². The molecule has 1 heterocycles. The summed E-state index contributed by atoms with van der Waals surface area (Å²) in [7, 11) is 1.51. The summed E-state index contributed by atoms with van der Waals surface area (Å²) in [6.07, 6.45) is 3.85. The van der Waals surface area contributed by atoms with E-state index < -0.39 is 0 Å². The number of hydrogen-bond acceptors (Lipinski definition) is 2. The van der Waals surface area contributed by atoms with Gasteiger partial charge in [0.1, 0.15) is 0 Å². The van der Waals surface area contributed by atoms with Gasteiger partial charge in [-0.2, -0.15) is 0 Å². The lowest BCUT2D eigenvalue weighted by Crippen LogP contribution is -2.35. The van der Waals surface area contributed by atoms with Gasteiger partial charge in [-0.05, 0) is 55.5 Å². The zero-order valence-corrected chi connectivity index (χ0v) is 12.9. The molecule has 112 valence electrons. The molecule has 2 nitrogen and oxygen atoms in total. The Morgan fingerprint density at radius 3 is 2.65 bits per heavy atom. The standard InChI is InChI=1S/C17H26FNO/c1-4-13(2)15-7-9-19(10-8-15)12-14-5-6-16(18)17(11-14)20-3/h5-6,11,13,15H,4,7-10,12H2,1-3H3. The fourth-order valence-corrected chi connectivity index (χ4v) is 3.07. The molecule has 3 heteroatoms. The van der Waals surface area contributed by atoms with Crippen LogP contribution in [-0.4, -0.2) is 25.1 Å². The van der Waals surface area contributed by atoms with Gasteiger partial charge in [0.05, 0.1) is 7.11 Å². The Morgan fingerprint density at radius 2 is 2.05 bits per heavy atom. The number of likely N-dealkylation sites (tertiary alicyclic amines) is 1. The Morgan fingerprint density at radius 1 is 1.35 bits per heavy atom. The number of nitrogens with zero attached hydrogens (tertiary/aromatic N) is 1. The minimum atomic E-state index is -0.285. The fraction of sp³-hybridized carbons (Fsp3) is 0.647. The van der Waals surface area contributed by atoms with Gasteiger partial charge in [0.15, 0.2) is 11.6 Å². The first-order valence-electron chi connectivity index (χ1n) is 7.68. The highest BCUT2D eigenvalue weighted by Gasteiger charge is 2.22. The third kappa shape index (κ3) is 3.72. The summed E-state index contributed by atoms with van der Waals surface area (Å²) >= 11 is 0. The van der Waals surface area contributed by atoms with Crippen LogP contribution in [-0.2, 0) is 6.54 Å². The zero-order valence-electron chi connectivity index (χ0n) is 12.9. The summed E-state index contributed by atoms with van der Waals surface area (Å²) in [6, 6.07) is 5.18. The molecule has 0 radical (unpaired) electrons. The maximum Gasteiger partial charge on any atom is 0.165 e. The van der Waals surface area contributed by atoms with Crippen molar-refractivity contribution >= 4 is 0 Å². The maximum atomic E-state index is 13.4. The van der Waals surface area contributed by atoms with E-state index in [-0.39, 0.29) is 5.82 Å². The second-order valence-electron chi connectivity index (χ2n) is 5.97. The Hall–Kier alpha value is -1.09. The topological polar surface area (TPSA) is 12.5 Å². The van der Waals surface area contributed by atoms with Gasteiger partial charge in [0.2, 0.25) is 0 Å². The third-order valence-electron chi connectivity index (χ3n) is 4.70. The van der Waals surface area contributed by atoms with Crippen LogP contribution in [0.5, 0.6) is 5.75 Å². The predicted molar refractivity (Wildman–Crippen MR) is 80.4 cm³/mol. The summed E-state index contributed by atoms with van der Waals surface area (Å²) < 4.78 is 18.4. The van der Waals surface area contributed by atoms with Crippen LogP contribution in [0.1, 0.15) is 38.7 Å². The first-order chi connectivity index (χ1) is 9.63. The molecular formula is C17H26FNO. The molecule has 1 aromatic rings. The summed E-state index contributed by atoms with van der Waals surface area (Å²) in [6.45, 7) is 7.83. The van der Waals surface area contributed by atoms with Gasteiger partial charge in [0.25, 0.3) is 0 Å². The SMILES string of the molecule is CCC(C)C1CCN(Cc2ccc(F)c(OC)c2)CC1. The molecule has 0 spiro atoms. The molecule has 1 unspecified atom stereocenters. The fourth-order valence-electron chi connectivity index (χ4n) is 3.07. The van der Waals surface area contributed by atoms with Crippen LogP contribution in [0.2, 0.25) is 0 Å². The highest BCUT2D eigenvalue weighted by molar-refractivity contribution is 5.30. The van der Waals surface area contributed by atoms with E-state index in [1.54, 1.807) is 0 Å². The van der Waals surface area contributed by atoms with Gasteiger partial charge in [-0.15, -0.1) is 0 Å². The normalized spacial score (nSPS) is 19.0. The van der Waals surface area contributed by atoms with Gasteiger partial charge in [-0.25, -0.2) is 4.39 Å². The van der Waals surface area contributed by atoms with Crippen molar-refractivity contribution in [2.45, 2.75) is 39.7 Å².